The minimum absolute atomic E-state index is 0.188. The van der Waals surface area contributed by atoms with Gasteiger partial charge in [-0.25, -0.2) is 0 Å². The maximum absolute atomic E-state index is 16.0. The smallest absolute Gasteiger partial charge is 0.484 e. The van der Waals surface area contributed by atoms with Gasteiger partial charge in [-0.1, -0.05) is 12.1 Å². The number of halogens is 2. The molecular formula is C45H61BF2N9O6-. The van der Waals surface area contributed by atoms with E-state index >= 15 is 8.63 Å². The van der Waals surface area contributed by atoms with Gasteiger partial charge in [-0.15, -0.1) is 0 Å². The zero-order valence-corrected chi connectivity index (χ0v) is 37.0. The van der Waals surface area contributed by atoms with Gasteiger partial charge in [0.05, 0.1) is 11.6 Å². The summed E-state index contributed by atoms with van der Waals surface area (Å²) in [5.41, 5.74) is 5.35. The number of hydrogen-bond acceptors (Lipinski definition) is 12. The fraction of sp³-hybridized carbons (Fsp3) is 0.511. The lowest BCUT2D eigenvalue weighted by Crippen LogP contribution is -2.50. The van der Waals surface area contributed by atoms with E-state index in [1.165, 1.54) is 8.96 Å². The number of ether oxygens (including phenoxy) is 1. The second-order valence-electron chi connectivity index (χ2n) is 17.3. The molecule has 0 radical (unpaired) electrons. The van der Waals surface area contributed by atoms with E-state index in [0.29, 0.717) is 116 Å². The summed E-state index contributed by atoms with van der Waals surface area (Å²) in [6, 6.07) is 10.9. The van der Waals surface area contributed by atoms with Crippen LogP contribution < -0.4 is 42.2 Å². The SMILES string of the molecule is Cc1cc(C)n2c1C(c1ccc(OCC(=O)NCCCN3CCCNC4=C(NCCCN(C)CCCNc5c(c(=O)c5=O)NCCC3)C(=O)C4O)cc1)c1c(C)cc(C)n1[B-]2(F)F. The van der Waals surface area contributed by atoms with Crippen molar-refractivity contribution >= 4 is 30.0 Å². The van der Waals surface area contributed by atoms with Gasteiger partial charge in [0.15, 0.2) is 12.7 Å². The fourth-order valence-corrected chi connectivity index (χ4v) is 9.45. The van der Waals surface area contributed by atoms with Crippen LogP contribution in [0.5, 0.6) is 5.75 Å². The monoisotopic (exact) mass is 872 g/mol. The van der Waals surface area contributed by atoms with E-state index in [9.17, 15) is 24.3 Å². The van der Waals surface area contributed by atoms with Crippen molar-refractivity contribution < 1.29 is 28.1 Å². The van der Waals surface area contributed by atoms with Crippen LogP contribution in [0.15, 0.2) is 57.4 Å². The molecule has 340 valence electrons. The van der Waals surface area contributed by atoms with Crippen LogP contribution in [0, 0.1) is 27.7 Å². The second-order valence-corrected chi connectivity index (χ2v) is 17.3. The molecule has 18 heteroatoms. The number of rotatable bonds is 8. The Kier molecular flexibility index (Phi) is 14.1. The van der Waals surface area contributed by atoms with Crippen LogP contribution in [0.3, 0.4) is 0 Å². The molecule has 1 atom stereocenters. The van der Waals surface area contributed by atoms with Gasteiger partial charge in [0.2, 0.25) is 5.78 Å². The molecule has 2 aliphatic heterocycles. The molecular weight excluding hydrogens is 811 g/mol. The molecule has 0 spiro atoms. The third-order valence-corrected chi connectivity index (χ3v) is 12.6. The predicted octanol–water partition coefficient (Wildman–Crippen LogP) is 2.94. The normalized spacial score (nSPS) is 19.7. The van der Waals surface area contributed by atoms with E-state index in [1.807, 2.05) is 45.2 Å². The van der Waals surface area contributed by atoms with Gasteiger partial charge >= 0.3 is 6.97 Å². The topological polar surface area (TPSA) is 174 Å². The molecule has 0 saturated heterocycles. The number of aliphatic hydroxyl groups excluding tert-OH is 1. The van der Waals surface area contributed by atoms with E-state index in [4.69, 9.17) is 4.74 Å². The first kappa shape index (κ1) is 45.6. The first-order valence-electron chi connectivity index (χ1n) is 22.2. The molecule has 1 amide bonds. The van der Waals surface area contributed by atoms with E-state index in [0.717, 1.165) is 49.0 Å². The molecule has 1 aliphatic carbocycles. The molecule has 1 unspecified atom stereocenters. The van der Waals surface area contributed by atoms with Gasteiger partial charge in [0.1, 0.15) is 22.8 Å². The molecule has 0 bridgehead atoms. The number of anilines is 2. The quantitative estimate of drug-likeness (QED) is 0.0871. The van der Waals surface area contributed by atoms with Crippen molar-refractivity contribution in [2.24, 2.45) is 0 Å². The number of aryl methyl sites for hydroxylation is 4. The van der Waals surface area contributed by atoms with E-state index < -0.39 is 29.8 Å². The number of nitrogens with one attached hydrogen (secondary N) is 5. The zero-order chi connectivity index (χ0) is 45.0. The van der Waals surface area contributed by atoms with E-state index in [1.54, 1.807) is 26.0 Å². The first-order valence-corrected chi connectivity index (χ1v) is 22.2. The Bertz CT molecular complexity index is 2350. The van der Waals surface area contributed by atoms with Gasteiger partial charge in [0, 0.05) is 32.7 Å². The maximum atomic E-state index is 16.0. The number of ketones is 1. The molecule has 6 N–H and O–H groups in total. The zero-order valence-electron chi connectivity index (χ0n) is 37.0. The molecule has 0 saturated carbocycles. The van der Waals surface area contributed by atoms with Crippen molar-refractivity contribution in [3.05, 3.63) is 108 Å². The van der Waals surface area contributed by atoms with Crippen molar-refractivity contribution in [2.75, 3.05) is 89.7 Å². The van der Waals surface area contributed by atoms with Crippen molar-refractivity contribution in [2.45, 2.75) is 71.8 Å². The van der Waals surface area contributed by atoms with Gasteiger partial charge in [-0.05, 0) is 163 Å². The molecule has 3 aliphatic rings. The van der Waals surface area contributed by atoms with E-state index in [2.05, 4.69) is 36.4 Å². The summed E-state index contributed by atoms with van der Waals surface area (Å²) in [6.45, 7) is 9.25. The number of Topliss-reactive ketones (excluding diaryl/α,β-unsaturated/α-hetero) is 1. The van der Waals surface area contributed by atoms with Gasteiger partial charge in [0.25, 0.3) is 16.8 Å². The highest BCUT2D eigenvalue weighted by atomic mass is 19.2. The number of benzene rings is 1. The van der Waals surface area contributed by atoms with Crippen LogP contribution in [-0.4, -0.2) is 128 Å². The van der Waals surface area contributed by atoms with Gasteiger partial charge in [-0.2, -0.15) is 0 Å². The lowest BCUT2D eigenvalue weighted by Gasteiger charge is -2.43. The lowest BCUT2D eigenvalue weighted by atomic mass is 9.80. The van der Waals surface area contributed by atoms with Crippen molar-refractivity contribution in [1.29, 1.82) is 0 Å². The van der Waals surface area contributed by atoms with Gasteiger partial charge in [-0.3, -0.25) is 19.2 Å². The third-order valence-electron chi connectivity index (χ3n) is 12.6. The Hall–Kier alpha value is -5.46. The standard InChI is InChI=1S/C45H61BF2N9O6/c1-28-25-30(3)56-40(28)35(41-29(2)26-31(4)57(41)46(56,47)48)32-11-13-33(14-12-32)63-27-34(58)49-15-8-22-55-23-9-18-52-38-36(42(59)44(38)61)50-16-6-20-54(5)21-7-17-51-37-39(45(62)43(37)60)53-19-10-24-55/h11-14,25-26,35,44,50-53,61H,6-10,15-24,27H2,1-5H3,(H,49,58)/q-1. The number of carbonyl (C=O) groups excluding carboxylic acids is 2. The highest BCUT2D eigenvalue weighted by Gasteiger charge is 2.44. The predicted molar refractivity (Wildman–Crippen MR) is 242 cm³/mol. The van der Waals surface area contributed by atoms with Crippen molar-refractivity contribution in [3.63, 3.8) is 0 Å². The summed E-state index contributed by atoms with van der Waals surface area (Å²) in [4.78, 5) is 54.4. The maximum Gasteiger partial charge on any atom is 0.532 e. The molecule has 4 heterocycles. The highest BCUT2D eigenvalue weighted by Crippen LogP contribution is 2.45. The number of hydrogen-bond donors (Lipinski definition) is 6. The summed E-state index contributed by atoms with van der Waals surface area (Å²) in [7, 11) is 2.01. The number of aromatic nitrogens is 2. The summed E-state index contributed by atoms with van der Waals surface area (Å²) in [5, 5.41) is 26.0. The Morgan fingerprint density at radius 1 is 0.794 bits per heavy atom. The number of amides is 1. The number of nitrogens with zero attached hydrogens (tertiary/aromatic N) is 4. The largest absolute Gasteiger partial charge is 0.532 e. The lowest BCUT2D eigenvalue weighted by molar-refractivity contribution is -0.125. The highest BCUT2D eigenvalue weighted by molar-refractivity contribution is 6.63. The third kappa shape index (κ3) is 9.58. The van der Waals surface area contributed by atoms with Crippen LogP contribution in [0.2, 0.25) is 0 Å². The van der Waals surface area contributed by atoms with Crippen LogP contribution in [-0.2, 0) is 9.59 Å². The van der Waals surface area contributed by atoms with Crippen molar-refractivity contribution in [3.8, 4) is 5.75 Å². The molecule has 4 aromatic rings. The van der Waals surface area contributed by atoms with Gasteiger partial charge < -0.3 is 63.8 Å². The Balaban J connectivity index is 0.913. The van der Waals surface area contributed by atoms with Crippen molar-refractivity contribution in [1.82, 2.24) is 34.7 Å². The fourth-order valence-electron chi connectivity index (χ4n) is 9.45. The van der Waals surface area contributed by atoms with Crippen LogP contribution in [0.1, 0.15) is 77.5 Å². The number of aliphatic hydroxyl groups is 1. The van der Waals surface area contributed by atoms with Crippen LogP contribution >= 0.6 is 0 Å². The molecule has 63 heavy (non-hydrogen) atoms. The average molecular weight is 873 g/mol. The summed E-state index contributed by atoms with van der Waals surface area (Å²) < 4.78 is 40.3. The summed E-state index contributed by atoms with van der Waals surface area (Å²) >= 11 is 0. The minimum atomic E-state index is -4.05. The minimum Gasteiger partial charge on any atom is -0.484 e. The van der Waals surface area contributed by atoms with Crippen LogP contribution in [0.4, 0.5) is 20.0 Å². The van der Waals surface area contributed by atoms with Crippen LogP contribution in [0.25, 0.3) is 0 Å². The Labute approximate surface area is 367 Å². The van der Waals surface area contributed by atoms with E-state index in [-0.39, 0.29) is 18.3 Å². The molecule has 15 nitrogen and oxygen atoms in total. The summed E-state index contributed by atoms with van der Waals surface area (Å²) in [6.07, 6.45) is 2.53. The first-order chi connectivity index (χ1) is 30.2. The molecule has 2 aromatic carbocycles. The average Bonchev–Trinajstić information content (AvgIpc) is 3.74. The number of fused-ring (bicyclic) bond motifs is 3. The summed E-state index contributed by atoms with van der Waals surface area (Å²) in [5.74, 6) is -0.489. The Morgan fingerprint density at radius 2 is 1.32 bits per heavy atom. The number of carbonyl (C=O) groups is 2. The second kappa shape index (κ2) is 19.5. The Morgan fingerprint density at radius 3 is 1.89 bits per heavy atom. The molecule has 2 aromatic heterocycles. The molecule has 7 rings (SSSR count). The molecule has 0 fully saturated rings.